The van der Waals surface area contributed by atoms with Crippen LogP contribution in [-0.4, -0.2) is 91.9 Å². The van der Waals surface area contributed by atoms with E-state index in [0.717, 1.165) is 4.88 Å². The molecule has 0 unspecified atom stereocenters. The van der Waals surface area contributed by atoms with E-state index in [2.05, 4.69) is 5.32 Å². The van der Waals surface area contributed by atoms with Gasteiger partial charge in [-0.25, -0.2) is 19.3 Å². The Bertz CT molecular complexity index is 1690. The number of esters is 2. The number of benzene rings is 1. The number of hydrogen-bond acceptors (Lipinski definition) is 14. The molecule has 0 spiro atoms. The molecule has 0 bridgehead atoms. The highest BCUT2D eigenvalue weighted by molar-refractivity contribution is 8.00. The molecule has 1 saturated heterocycles. The standard InChI is InChI=1S/C32H37N5O11S2/c1-17(33)26(39)35(31(43)48-32(3,4)5)18(2)29(41)47-15-20-16-50-28-24(34-23(38)13-22-7-6-12-49-22)27(40)36(28)25(20)30(42)46-14-19-8-10-21(11-9-19)37(44)45/h6-12,17-18,24,28H,13-16,33H2,1-5H3,(H,34,38)/t17-,18-,24+,28-/m0/s1. The van der Waals surface area contributed by atoms with Gasteiger partial charge in [-0.2, -0.15) is 0 Å². The molecule has 0 saturated carbocycles. The Morgan fingerprint density at radius 3 is 2.36 bits per heavy atom. The molecule has 4 amide bonds. The Hall–Kier alpha value is -4.81. The maximum atomic E-state index is 13.6. The molecule has 2 aliphatic heterocycles. The highest BCUT2D eigenvalue weighted by Gasteiger charge is 2.54. The molecule has 1 fully saturated rings. The lowest BCUT2D eigenvalue weighted by atomic mass is 10.0. The summed E-state index contributed by atoms with van der Waals surface area (Å²) in [4.78, 5) is 91.6. The largest absolute Gasteiger partial charge is 0.460 e. The number of amides is 4. The van der Waals surface area contributed by atoms with Crippen molar-refractivity contribution in [1.29, 1.82) is 0 Å². The number of carbonyl (C=O) groups is 6. The first-order valence-corrected chi connectivity index (χ1v) is 17.3. The molecule has 1 aromatic carbocycles. The number of fused-ring (bicyclic) bond motifs is 1. The SMILES string of the molecule is C[C@H](N)C(=O)N(C(=O)OC(C)(C)C)[C@@H](C)C(=O)OCC1=C(C(=O)OCc2ccc([N+](=O)[O-])cc2)N2C(=O)[C@@H](NC(=O)Cc3cccs3)[C@@H]2SC1. The van der Waals surface area contributed by atoms with Crippen molar-refractivity contribution in [3.8, 4) is 0 Å². The number of nitro benzene ring substituents is 1. The number of non-ortho nitro benzene ring substituents is 1. The molecule has 2 aliphatic rings. The van der Waals surface area contributed by atoms with Crippen LogP contribution in [0.15, 0.2) is 53.0 Å². The third-order valence-corrected chi connectivity index (χ3v) is 9.54. The van der Waals surface area contributed by atoms with Crippen molar-refractivity contribution in [3.63, 3.8) is 0 Å². The molecule has 1 aromatic heterocycles. The van der Waals surface area contributed by atoms with Crippen LogP contribution in [-0.2, 0) is 51.2 Å². The van der Waals surface area contributed by atoms with E-state index in [1.165, 1.54) is 66.1 Å². The van der Waals surface area contributed by atoms with Gasteiger partial charge in [0.2, 0.25) is 11.8 Å². The number of nitrogens with zero attached hydrogens (tertiary/aromatic N) is 3. The van der Waals surface area contributed by atoms with Gasteiger partial charge in [0.05, 0.1) is 17.4 Å². The molecule has 4 atom stereocenters. The van der Waals surface area contributed by atoms with E-state index < -0.39 is 70.5 Å². The number of carbonyl (C=O) groups excluding carboxylic acids is 6. The predicted octanol–water partition coefficient (Wildman–Crippen LogP) is 2.64. The lowest BCUT2D eigenvalue weighted by Gasteiger charge is -2.49. The minimum atomic E-state index is -1.47. The summed E-state index contributed by atoms with van der Waals surface area (Å²) in [7, 11) is 0. The fraction of sp³-hybridized carbons (Fsp3) is 0.438. The molecule has 2 aromatic rings. The van der Waals surface area contributed by atoms with Gasteiger partial charge in [-0.3, -0.25) is 29.4 Å². The third-order valence-electron chi connectivity index (χ3n) is 7.32. The summed E-state index contributed by atoms with van der Waals surface area (Å²) in [6, 6.07) is 5.38. The molecule has 268 valence electrons. The van der Waals surface area contributed by atoms with Gasteiger partial charge >= 0.3 is 18.0 Å². The van der Waals surface area contributed by atoms with Crippen LogP contribution in [0.3, 0.4) is 0 Å². The van der Waals surface area contributed by atoms with Gasteiger partial charge in [0.1, 0.15) is 42.0 Å². The maximum Gasteiger partial charge on any atom is 0.417 e. The summed E-state index contributed by atoms with van der Waals surface area (Å²) in [5, 5.41) is 14.9. The van der Waals surface area contributed by atoms with Crippen LogP contribution in [0.2, 0.25) is 0 Å². The van der Waals surface area contributed by atoms with Gasteiger partial charge in [0.25, 0.3) is 11.6 Å². The zero-order chi connectivity index (χ0) is 36.9. The van der Waals surface area contributed by atoms with Gasteiger partial charge in [-0.05, 0) is 63.8 Å². The van der Waals surface area contributed by atoms with Crippen LogP contribution in [0.1, 0.15) is 45.1 Å². The van der Waals surface area contributed by atoms with Gasteiger partial charge in [-0.15, -0.1) is 23.1 Å². The number of rotatable bonds is 12. The second-order valence-corrected chi connectivity index (χ2v) is 14.6. The lowest BCUT2D eigenvalue weighted by Crippen LogP contribution is -2.70. The molecule has 3 N–H and O–H groups in total. The average molecular weight is 732 g/mol. The van der Waals surface area contributed by atoms with E-state index in [1.807, 2.05) is 5.38 Å². The van der Waals surface area contributed by atoms with Crippen molar-refractivity contribution in [3.05, 3.63) is 73.6 Å². The van der Waals surface area contributed by atoms with Crippen molar-refractivity contribution in [2.45, 2.75) is 76.7 Å². The van der Waals surface area contributed by atoms with Crippen LogP contribution >= 0.6 is 23.1 Å². The van der Waals surface area contributed by atoms with Crippen LogP contribution in [0.5, 0.6) is 0 Å². The zero-order valence-corrected chi connectivity index (χ0v) is 29.5. The monoisotopic (exact) mass is 731 g/mol. The summed E-state index contributed by atoms with van der Waals surface area (Å²) in [6.07, 6.45) is -1.03. The van der Waals surface area contributed by atoms with Crippen molar-refractivity contribution in [2.24, 2.45) is 5.73 Å². The molecule has 0 radical (unpaired) electrons. The first-order chi connectivity index (χ1) is 23.5. The molecule has 4 rings (SSSR count). The van der Waals surface area contributed by atoms with Crippen LogP contribution < -0.4 is 11.1 Å². The molecule has 16 nitrogen and oxygen atoms in total. The quantitative estimate of drug-likeness (QED) is 0.106. The fourth-order valence-electron chi connectivity index (χ4n) is 4.86. The van der Waals surface area contributed by atoms with E-state index in [4.69, 9.17) is 19.9 Å². The Kier molecular flexibility index (Phi) is 12.0. The minimum Gasteiger partial charge on any atom is -0.460 e. The molecular formula is C32H37N5O11S2. The van der Waals surface area contributed by atoms with E-state index in [9.17, 15) is 38.9 Å². The normalized spacial score (nSPS) is 18.2. The number of nitrogens with two attached hydrogens (primary N) is 1. The number of nitro groups is 1. The summed E-state index contributed by atoms with van der Waals surface area (Å²) >= 11 is 2.62. The van der Waals surface area contributed by atoms with E-state index in [0.29, 0.717) is 10.5 Å². The van der Waals surface area contributed by atoms with Crippen molar-refractivity contribution < 1.29 is 47.9 Å². The number of nitrogens with one attached hydrogen (secondary N) is 1. The maximum absolute atomic E-state index is 13.6. The van der Waals surface area contributed by atoms with Crippen LogP contribution in [0, 0.1) is 10.1 Å². The number of thiophene rings is 1. The van der Waals surface area contributed by atoms with Gasteiger partial charge < -0.3 is 25.3 Å². The Balaban J connectivity index is 1.54. The third kappa shape index (κ3) is 9.05. The first kappa shape index (κ1) is 38.0. The van der Waals surface area contributed by atoms with Gasteiger partial charge in [-0.1, -0.05) is 6.07 Å². The smallest absolute Gasteiger partial charge is 0.417 e. The number of hydrogen-bond donors (Lipinski definition) is 2. The van der Waals surface area contributed by atoms with Gasteiger partial charge in [0.15, 0.2) is 0 Å². The number of thioether (sulfide) groups is 1. The molecular weight excluding hydrogens is 695 g/mol. The first-order valence-electron chi connectivity index (χ1n) is 15.4. The fourth-order valence-corrected chi connectivity index (χ4v) is 6.89. The van der Waals surface area contributed by atoms with E-state index >= 15 is 0 Å². The second-order valence-electron chi connectivity index (χ2n) is 12.4. The van der Waals surface area contributed by atoms with Crippen LogP contribution in [0.25, 0.3) is 0 Å². The van der Waals surface area contributed by atoms with E-state index in [-0.39, 0.29) is 41.6 Å². The van der Waals surface area contributed by atoms with Crippen molar-refractivity contribution in [2.75, 3.05) is 12.4 Å². The summed E-state index contributed by atoms with van der Waals surface area (Å²) in [6.45, 7) is 6.54. The predicted molar refractivity (Wildman–Crippen MR) is 180 cm³/mol. The average Bonchev–Trinajstić information content (AvgIpc) is 3.56. The second kappa shape index (κ2) is 15.8. The molecule has 50 heavy (non-hydrogen) atoms. The number of β-lactam (4-membered cyclic amide) rings is 1. The molecule has 0 aliphatic carbocycles. The summed E-state index contributed by atoms with van der Waals surface area (Å²) in [5.41, 5.74) is 5.01. The molecule has 3 heterocycles. The van der Waals surface area contributed by atoms with Crippen molar-refractivity contribution >= 4 is 64.5 Å². The highest BCUT2D eigenvalue weighted by atomic mass is 32.2. The topological polar surface area (TPSA) is 218 Å². The summed E-state index contributed by atoms with van der Waals surface area (Å²) in [5.74, 6) is -3.71. The molecule has 18 heteroatoms. The number of ether oxygens (including phenoxy) is 3. The van der Waals surface area contributed by atoms with Crippen molar-refractivity contribution in [1.82, 2.24) is 15.1 Å². The summed E-state index contributed by atoms with van der Waals surface area (Å²) < 4.78 is 16.3. The minimum absolute atomic E-state index is 0.0734. The Morgan fingerprint density at radius 2 is 1.78 bits per heavy atom. The Labute approximate surface area is 295 Å². The zero-order valence-electron chi connectivity index (χ0n) is 27.9. The Morgan fingerprint density at radius 1 is 1.10 bits per heavy atom. The van der Waals surface area contributed by atoms with Crippen LogP contribution in [0.4, 0.5) is 10.5 Å². The van der Waals surface area contributed by atoms with E-state index in [1.54, 1.807) is 32.9 Å². The van der Waals surface area contributed by atoms with Gasteiger partial charge in [0, 0.05) is 28.3 Å². The number of imide groups is 1. The lowest BCUT2D eigenvalue weighted by molar-refractivity contribution is -0.384. The highest BCUT2D eigenvalue weighted by Crippen LogP contribution is 2.41.